The quantitative estimate of drug-likeness (QED) is 0.298. The van der Waals surface area contributed by atoms with E-state index in [2.05, 4.69) is 15.5 Å². The second-order valence-electron chi connectivity index (χ2n) is 5.85. The Morgan fingerprint density at radius 2 is 1.87 bits per heavy atom. The molecule has 0 amide bonds. The predicted octanol–water partition coefficient (Wildman–Crippen LogP) is 4.24. The lowest BCUT2D eigenvalue weighted by Crippen LogP contribution is -2.20. The highest BCUT2D eigenvalue weighted by atomic mass is 19.4. The third-order valence-corrected chi connectivity index (χ3v) is 3.89. The van der Waals surface area contributed by atoms with E-state index in [4.69, 9.17) is 19.6 Å². The Morgan fingerprint density at radius 3 is 2.53 bits per heavy atom. The van der Waals surface area contributed by atoms with Crippen molar-refractivity contribution in [1.82, 2.24) is 0 Å². The van der Waals surface area contributed by atoms with Crippen LogP contribution in [0.2, 0.25) is 0 Å². The molecule has 1 N–H and O–H groups in total. The van der Waals surface area contributed by atoms with Crippen LogP contribution in [0.5, 0.6) is 0 Å². The van der Waals surface area contributed by atoms with E-state index in [-0.39, 0.29) is 24.6 Å². The van der Waals surface area contributed by atoms with Gasteiger partial charge < -0.3 is 19.6 Å². The molecule has 0 saturated carbocycles. The maximum atomic E-state index is 12.8. The topological polar surface area (TPSA) is 85.0 Å². The first-order valence-electron chi connectivity index (χ1n) is 8.66. The number of oxime groups is 3. The lowest BCUT2D eigenvalue weighted by molar-refractivity contribution is -0.137. The van der Waals surface area contributed by atoms with Crippen molar-refractivity contribution in [2.45, 2.75) is 19.2 Å². The molecule has 2 rings (SSSR count). The number of nitrogens with zero attached hydrogens (tertiary/aromatic N) is 3. The number of hydrogen-bond acceptors (Lipinski definition) is 7. The Morgan fingerprint density at radius 1 is 1.10 bits per heavy atom. The molecule has 0 aliphatic rings. The summed E-state index contributed by atoms with van der Waals surface area (Å²) in [6, 6.07) is 11.9. The van der Waals surface area contributed by atoms with Crippen molar-refractivity contribution < 1.29 is 32.8 Å². The first kappa shape index (κ1) is 22.7. The molecule has 0 unspecified atom stereocenters. The maximum Gasteiger partial charge on any atom is 0.416 e. The minimum absolute atomic E-state index is 0.0282. The molecule has 0 saturated heterocycles. The molecule has 2 aromatic rings. The van der Waals surface area contributed by atoms with Crippen molar-refractivity contribution >= 4 is 17.8 Å². The highest BCUT2D eigenvalue weighted by Gasteiger charge is 2.30. The van der Waals surface area contributed by atoms with Crippen LogP contribution in [0.1, 0.15) is 22.3 Å². The van der Waals surface area contributed by atoms with E-state index in [9.17, 15) is 13.2 Å². The van der Waals surface area contributed by atoms with Crippen LogP contribution in [0.25, 0.3) is 0 Å². The molecule has 2 aromatic carbocycles. The average Bonchev–Trinajstić information content (AvgIpc) is 2.74. The van der Waals surface area contributed by atoms with E-state index < -0.39 is 11.7 Å². The van der Waals surface area contributed by atoms with Crippen molar-refractivity contribution in [3.63, 3.8) is 0 Å². The minimum atomic E-state index is -4.40. The monoisotopic (exact) mass is 423 g/mol. The van der Waals surface area contributed by atoms with E-state index in [1.807, 2.05) is 0 Å². The molecule has 160 valence electrons. The van der Waals surface area contributed by atoms with Gasteiger partial charge in [-0.05, 0) is 16.8 Å². The van der Waals surface area contributed by atoms with Crippen LogP contribution in [0.15, 0.2) is 64.0 Å². The molecule has 0 spiro atoms. The summed E-state index contributed by atoms with van der Waals surface area (Å²) in [5.41, 5.74) is 1.06. The van der Waals surface area contributed by atoms with Gasteiger partial charge in [0.05, 0.1) is 12.7 Å². The van der Waals surface area contributed by atoms with Crippen molar-refractivity contribution in [1.29, 1.82) is 0 Å². The number of halogens is 3. The van der Waals surface area contributed by atoms with Gasteiger partial charge in [0, 0.05) is 23.8 Å². The fraction of sp³-hybridized carbons (Fsp3) is 0.250. The third kappa shape index (κ3) is 6.23. The van der Waals surface area contributed by atoms with Gasteiger partial charge in [-0.1, -0.05) is 52.8 Å². The smallest absolute Gasteiger partial charge is 0.416 e. The molecule has 10 heteroatoms. The van der Waals surface area contributed by atoms with Gasteiger partial charge in [0.25, 0.3) is 5.90 Å². The summed E-state index contributed by atoms with van der Waals surface area (Å²) in [5, 5.41) is 19.8. The zero-order valence-corrected chi connectivity index (χ0v) is 16.3. The molecule has 0 aromatic heterocycles. The van der Waals surface area contributed by atoms with Gasteiger partial charge in [-0.2, -0.15) is 13.2 Å². The van der Waals surface area contributed by atoms with E-state index in [1.165, 1.54) is 26.5 Å². The summed E-state index contributed by atoms with van der Waals surface area (Å²) in [7, 11) is 2.65. The van der Waals surface area contributed by atoms with Crippen molar-refractivity contribution in [2.75, 3.05) is 14.2 Å². The summed E-state index contributed by atoms with van der Waals surface area (Å²) in [6.45, 7) is 0.0282. The molecule has 0 heterocycles. The SMILES string of the molecule is CON=C(C(=NO)OC)c1ccccc1CON=CCc1cccc(C(F)(F)F)c1. The molecule has 0 atom stereocenters. The minimum Gasteiger partial charge on any atom is -0.477 e. The Balaban J connectivity index is 2.06. The van der Waals surface area contributed by atoms with Gasteiger partial charge >= 0.3 is 6.18 Å². The second-order valence-corrected chi connectivity index (χ2v) is 5.85. The van der Waals surface area contributed by atoms with Crippen molar-refractivity contribution in [3.8, 4) is 0 Å². The van der Waals surface area contributed by atoms with Crippen LogP contribution >= 0.6 is 0 Å². The molecule has 30 heavy (non-hydrogen) atoms. The van der Waals surface area contributed by atoms with Gasteiger partial charge in [0.15, 0.2) is 5.71 Å². The van der Waals surface area contributed by atoms with E-state index in [1.54, 1.807) is 30.3 Å². The van der Waals surface area contributed by atoms with Crippen LogP contribution in [0, 0.1) is 0 Å². The Hall–Kier alpha value is -3.56. The number of rotatable bonds is 8. The molecular weight excluding hydrogens is 403 g/mol. The number of ether oxygens (including phenoxy) is 1. The van der Waals surface area contributed by atoms with Crippen LogP contribution in [0.4, 0.5) is 13.2 Å². The number of alkyl halides is 3. The summed E-state index contributed by atoms with van der Waals surface area (Å²) in [6.07, 6.45) is -2.85. The first-order valence-corrected chi connectivity index (χ1v) is 8.66. The van der Waals surface area contributed by atoms with Gasteiger partial charge in [-0.3, -0.25) is 0 Å². The summed E-state index contributed by atoms with van der Waals surface area (Å²) in [4.78, 5) is 10.1. The van der Waals surface area contributed by atoms with Crippen LogP contribution in [-0.4, -0.2) is 37.3 Å². The van der Waals surface area contributed by atoms with Gasteiger partial charge in [-0.25, -0.2) is 0 Å². The summed E-state index contributed by atoms with van der Waals surface area (Å²) >= 11 is 0. The zero-order valence-electron chi connectivity index (χ0n) is 16.3. The zero-order chi connectivity index (χ0) is 22.0. The summed E-state index contributed by atoms with van der Waals surface area (Å²) < 4.78 is 43.3. The average molecular weight is 423 g/mol. The number of methoxy groups -OCH3 is 1. The third-order valence-electron chi connectivity index (χ3n) is 3.89. The van der Waals surface area contributed by atoms with Crippen LogP contribution in [-0.2, 0) is 33.6 Å². The molecule has 0 radical (unpaired) electrons. The second kappa shape index (κ2) is 10.8. The molecule has 0 aliphatic carbocycles. The number of hydrogen-bond donors (Lipinski definition) is 1. The molecule has 0 bridgehead atoms. The lowest BCUT2D eigenvalue weighted by atomic mass is 10.0. The largest absolute Gasteiger partial charge is 0.477 e. The highest BCUT2D eigenvalue weighted by Crippen LogP contribution is 2.29. The summed E-state index contributed by atoms with van der Waals surface area (Å²) in [5.74, 6) is -0.155. The van der Waals surface area contributed by atoms with E-state index in [0.29, 0.717) is 16.7 Å². The van der Waals surface area contributed by atoms with Crippen LogP contribution < -0.4 is 0 Å². The van der Waals surface area contributed by atoms with E-state index in [0.717, 1.165) is 12.1 Å². The number of benzene rings is 2. The highest BCUT2D eigenvalue weighted by molar-refractivity contribution is 6.45. The Bertz CT molecular complexity index is 928. The van der Waals surface area contributed by atoms with E-state index >= 15 is 0 Å². The Kier molecular flexibility index (Phi) is 8.21. The predicted molar refractivity (Wildman–Crippen MR) is 105 cm³/mol. The molecule has 7 nitrogen and oxygen atoms in total. The van der Waals surface area contributed by atoms with Gasteiger partial charge in [0.1, 0.15) is 13.7 Å². The Labute approximate surface area is 171 Å². The standard InChI is InChI=1S/C20H20F3N3O4/c1-28-19(25-27)18(26-29-2)17-9-4-3-7-15(17)13-30-24-11-10-14-6-5-8-16(12-14)20(21,22)23/h3-9,11-12,27H,10,13H2,1-2H3. The molecular formula is C20H20F3N3O4. The molecule has 0 aliphatic heterocycles. The van der Waals surface area contributed by atoms with Crippen LogP contribution in [0.3, 0.4) is 0 Å². The van der Waals surface area contributed by atoms with Crippen molar-refractivity contribution in [3.05, 3.63) is 70.8 Å². The van der Waals surface area contributed by atoms with Gasteiger partial charge in [-0.15, -0.1) is 0 Å². The fourth-order valence-electron chi connectivity index (χ4n) is 2.53. The van der Waals surface area contributed by atoms with Gasteiger partial charge in [0.2, 0.25) is 0 Å². The lowest BCUT2D eigenvalue weighted by Gasteiger charge is -2.11. The maximum absolute atomic E-state index is 12.8. The fourth-order valence-corrected chi connectivity index (χ4v) is 2.53. The first-order chi connectivity index (χ1) is 14.4. The van der Waals surface area contributed by atoms with Crippen molar-refractivity contribution in [2.24, 2.45) is 15.5 Å². The molecule has 0 fully saturated rings. The normalized spacial score (nSPS) is 12.8.